The highest BCUT2D eigenvalue weighted by Crippen LogP contribution is 2.07. The molecule has 1 unspecified atom stereocenters. The fourth-order valence-electron chi connectivity index (χ4n) is 1.90. The zero-order chi connectivity index (χ0) is 11.4. The van der Waals surface area contributed by atoms with Crippen LogP contribution in [0.3, 0.4) is 0 Å². The first-order valence-corrected chi connectivity index (χ1v) is 6.32. The van der Waals surface area contributed by atoms with Crippen molar-refractivity contribution in [3.8, 4) is 0 Å². The van der Waals surface area contributed by atoms with Crippen molar-refractivity contribution in [2.75, 3.05) is 32.7 Å². The number of piperazine rings is 1. The Hall–Kier alpha value is -0.430. The van der Waals surface area contributed by atoms with E-state index in [0.29, 0.717) is 6.54 Å². The molecule has 1 aromatic heterocycles. The topological polar surface area (TPSA) is 53.3 Å². The van der Waals surface area contributed by atoms with Crippen LogP contribution in [0.25, 0.3) is 0 Å². The van der Waals surface area contributed by atoms with Crippen molar-refractivity contribution in [1.82, 2.24) is 20.0 Å². The third-order valence-corrected chi connectivity index (χ3v) is 3.09. The molecule has 5 nitrogen and oxygen atoms in total. The molecule has 1 aliphatic rings. The van der Waals surface area contributed by atoms with Gasteiger partial charge in [-0.25, -0.2) is 0 Å². The first kappa shape index (κ1) is 12.0. The van der Waals surface area contributed by atoms with Crippen molar-refractivity contribution in [1.29, 1.82) is 0 Å². The molecule has 6 heteroatoms. The van der Waals surface area contributed by atoms with E-state index in [-0.39, 0.29) is 6.10 Å². The first-order valence-electron chi connectivity index (χ1n) is 5.53. The second-order valence-electron chi connectivity index (χ2n) is 4.09. The van der Waals surface area contributed by atoms with Crippen molar-refractivity contribution in [3.05, 3.63) is 16.9 Å². The number of β-amino-alcohol motifs (C(OH)–C–C–N with tert-alkyl or cyclic N) is 1. The average molecular weight is 289 g/mol. The molecule has 0 aliphatic carbocycles. The number of aliphatic hydroxyl groups is 1. The summed E-state index contributed by atoms with van der Waals surface area (Å²) >= 11 is 3.34. The minimum atomic E-state index is -0.357. The Labute approximate surface area is 104 Å². The van der Waals surface area contributed by atoms with Crippen molar-refractivity contribution >= 4 is 15.9 Å². The summed E-state index contributed by atoms with van der Waals surface area (Å²) in [5.74, 6) is 0. The van der Waals surface area contributed by atoms with E-state index in [0.717, 1.165) is 37.2 Å². The van der Waals surface area contributed by atoms with Crippen LogP contribution in [0, 0.1) is 0 Å². The second-order valence-corrected chi connectivity index (χ2v) is 5.00. The summed E-state index contributed by atoms with van der Waals surface area (Å²) in [5, 5.41) is 17.3. The number of nitrogens with one attached hydrogen (secondary N) is 1. The van der Waals surface area contributed by atoms with Crippen molar-refractivity contribution in [3.63, 3.8) is 0 Å². The molecule has 0 amide bonds. The molecular weight excluding hydrogens is 272 g/mol. The average Bonchev–Trinajstić information content (AvgIpc) is 2.65. The Morgan fingerprint density at radius 3 is 2.81 bits per heavy atom. The summed E-state index contributed by atoms with van der Waals surface area (Å²) in [6.45, 7) is 5.33. The molecule has 16 heavy (non-hydrogen) atoms. The zero-order valence-corrected chi connectivity index (χ0v) is 10.7. The third-order valence-electron chi connectivity index (χ3n) is 2.68. The second kappa shape index (κ2) is 5.77. The van der Waals surface area contributed by atoms with E-state index in [9.17, 15) is 5.11 Å². The highest BCUT2D eigenvalue weighted by Gasteiger charge is 2.14. The smallest absolute Gasteiger partial charge is 0.0862 e. The van der Waals surface area contributed by atoms with Crippen LogP contribution in [0.1, 0.15) is 0 Å². The quantitative estimate of drug-likeness (QED) is 0.813. The standard InChI is InChI=1S/C10H17BrN4O/c11-9-5-13-15(6-9)8-10(16)7-14-3-1-12-2-4-14/h5-6,10,12,16H,1-4,7-8H2. The molecule has 1 aromatic rings. The predicted octanol–water partition coefficient (Wildman–Crippen LogP) is -0.0883. The van der Waals surface area contributed by atoms with Gasteiger partial charge in [-0.1, -0.05) is 0 Å². The van der Waals surface area contributed by atoms with E-state index in [1.807, 2.05) is 6.20 Å². The van der Waals surface area contributed by atoms with Crippen LogP contribution in [0.2, 0.25) is 0 Å². The molecule has 0 aromatic carbocycles. The Bertz CT molecular complexity index is 324. The van der Waals surface area contributed by atoms with Gasteiger partial charge in [0.15, 0.2) is 0 Å². The fraction of sp³-hybridized carbons (Fsp3) is 0.700. The van der Waals surface area contributed by atoms with Crippen LogP contribution in [-0.2, 0) is 6.54 Å². The predicted molar refractivity (Wildman–Crippen MR) is 65.2 cm³/mol. The van der Waals surface area contributed by atoms with Crippen molar-refractivity contribution in [2.24, 2.45) is 0 Å². The molecule has 2 N–H and O–H groups in total. The maximum absolute atomic E-state index is 9.93. The summed E-state index contributed by atoms with van der Waals surface area (Å²) in [6.07, 6.45) is 3.25. The van der Waals surface area contributed by atoms with Gasteiger partial charge in [-0.2, -0.15) is 5.10 Å². The van der Waals surface area contributed by atoms with Gasteiger partial charge in [0, 0.05) is 38.9 Å². The molecule has 1 fully saturated rings. The lowest BCUT2D eigenvalue weighted by molar-refractivity contribution is 0.0889. The van der Waals surface area contributed by atoms with Gasteiger partial charge in [-0.15, -0.1) is 0 Å². The Kier molecular flexibility index (Phi) is 4.34. The van der Waals surface area contributed by atoms with E-state index in [1.54, 1.807) is 10.9 Å². The van der Waals surface area contributed by atoms with Gasteiger partial charge in [0.05, 0.1) is 23.3 Å². The maximum atomic E-state index is 9.93. The summed E-state index contributed by atoms with van der Waals surface area (Å²) in [4.78, 5) is 2.28. The molecule has 1 saturated heterocycles. The highest BCUT2D eigenvalue weighted by atomic mass is 79.9. The minimum Gasteiger partial charge on any atom is -0.390 e. The maximum Gasteiger partial charge on any atom is 0.0862 e. The van der Waals surface area contributed by atoms with Crippen LogP contribution in [-0.4, -0.2) is 58.6 Å². The van der Waals surface area contributed by atoms with Crippen molar-refractivity contribution in [2.45, 2.75) is 12.6 Å². The van der Waals surface area contributed by atoms with E-state index in [2.05, 4.69) is 31.2 Å². The van der Waals surface area contributed by atoms with Gasteiger partial charge in [-0.05, 0) is 15.9 Å². The lowest BCUT2D eigenvalue weighted by atomic mass is 10.3. The number of hydrogen-bond acceptors (Lipinski definition) is 4. The Morgan fingerprint density at radius 2 is 2.19 bits per heavy atom. The summed E-state index contributed by atoms with van der Waals surface area (Å²) < 4.78 is 2.71. The van der Waals surface area contributed by atoms with Gasteiger partial charge < -0.3 is 10.4 Å². The van der Waals surface area contributed by atoms with E-state index in [4.69, 9.17) is 0 Å². The van der Waals surface area contributed by atoms with Gasteiger partial charge >= 0.3 is 0 Å². The van der Waals surface area contributed by atoms with E-state index >= 15 is 0 Å². The van der Waals surface area contributed by atoms with Gasteiger partial charge in [0.2, 0.25) is 0 Å². The van der Waals surface area contributed by atoms with E-state index < -0.39 is 0 Å². The van der Waals surface area contributed by atoms with Crippen LogP contribution in [0.4, 0.5) is 0 Å². The molecule has 2 heterocycles. The van der Waals surface area contributed by atoms with Crippen LogP contribution in [0.5, 0.6) is 0 Å². The number of halogens is 1. The molecule has 1 atom stereocenters. The lowest BCUT2D eigenvalue weighted by Crippen LogP contribution is -2.46. The molecule has 2 rings (SSSR count). The number of hydrogen-bond donors (Lipinski definition) is 2. The largest absolute Gasteiger partial charge is 0.390 e. The SMILES string of the molecule is OC(CN1CCNCC1)Cn1cc(Br)cn1. The lowest BCUT2D eigenvalue weighted by Gasteiger charge is -2.28. The molecule has 90 valence electrons. The van der Waals surface area contributed by atoms with Gasteiger partial charge in [0.1, 0.15) is 0 Å². The molecule has 0 radical (unpaired) electrons. The number of aliphatic hydroxyl groups excluding tert-OH is 1. The molecule has 0 saturated carbocycles. The monoisotopic (exact) mass is 288 g/mol. The number of nitrogens with zero attached hydrogens (tertiary/aromatic N) is 3. The van der Waals surface area contributed by atoms with Gasteiger partial charge in [-0.3, -0.25) is 9.58 Å². The zero-order valence-electron chi connectivity index (χ0n) is 9.14. The van der Waals surface area contributed by atoms with Crippen molar-refractivity contribution < 1.29 is 5.11 Å². The molecular formula is C10H17BrN4O. The van der Waals surface area contributed by atoms with Crippen LogP contribution in [0.15, 0.2) is 16.9 Å². The van der Waals surface area contributed by atoms with E-state index in [1.165, 1.54) is 0 Å². The van der Waals surface area contributed by atoms with Crippen LogP contribution < -0.4 is 5.32 Å². The molecule has 0 spiro atoms. The fourth-order valence-corrected chi connectivity index (χ4v) is 2.23. The summed E-state index contributed by atoms with van der Waals surface area (Å²) in [6, 6.07) is 0. The van der Waals surface area contributed by atoms with Crippen LogP contribution >= 0.6 is 15.9 Å². The number of rotatable bonds is 4. The number of aromatic nitrogens is 2. The Balaban J connectivity index is 1.77. The van der Waals surface area contributed by atoms with Gasteiger partial charge in [0.25, 0.3) is 0 Å². The summed E-state index contributed by atoms with van der Waals surface area (Å²) in [5.41, 5.74) is 0. The minimum absolute atomic E-state index is 0.357. The third kappa shape index (κ3) is 3.55. The highest BCUT2D eigenvalue weighted by molar-refractivity contribution is 9.10. The first-order chi connectivity index (χ1) is 7.74. The normalized spacial score (nSPS) is 19.9. The molecule has 0 bridgehead atoms. The summed E-state index contributed by atoms with van der Waals surface area (Å²) in [7, 11) is 0. The Morgan fingerprint density at radius 1 is 1.44 bits per heavy atom. The molecule has 1 aliphatic heterocycles.